The minimum Gasteiger partial charge on any atom is -0.494 e. The van der Waals surface area contributed by atoms with Crippen LogP contribution in [0.25, 0.3) is 6.08 Å². The smallest absolute Gasteiger partial charge is 0.266 e. The molecule has 0 unspecified atom stereocenters. The molecular formula is C32H36BrN3O5. The number of benzene rings is 3. The standard InChI is InChI=1S/C32H36BrN3O5/c1-39-22-8-20-34-36-31(38)32(19-7-12-24-10-3-2-4-11-24)29(27-13-5-6-14-28(27)33)41-30(35-32)25-15-17-26(18-16-25)40-23-9-21-37/h2-7,10-18,29,34,37H,8-9,19-23H2,1H3,(H,36,38)/b12-7+/t29-,32-/m0/s1. The molecule has 2 atom stereocenters. The van der Waals surface area contributed by atoms with E-state index in [2.05, 4.69) is 26.8 Å². The summed E-state index contributed by atoms with van der Waals surface area (Å²) in [6.45, 7) is 1.62. The van der Waals surface area contributed by atoms with Crippen molar-refractivity contribution in [2.45, 2.75) is 30.9 Å². The number of amides is 1. The number of carbonyl (C=O) groups excluding carboxylic acids is 1. The Morgan fingerprint density at radius 2 is 1.80 bits per heavy atom. The van der Waals surface area contributed by atoms with Crippen molar-refractivity contribution in [1.82, 2.24) is 10.9 Å². The first-order valence-electron chi connectivity index (χ1n) is 13.7. The minimum absolute atomic E-state index is 0.0727. The number of hydrogen-bond donors (Lipinski definition) is 3. The number of nitrogens with one attached hydrogen (secondary N) is 2. The maximum Gasteiger partial charge on any atom is 0.266 e. The minimum atomic E-state index is -1.30. The summed E-state index contributed by atoms with van der Waals surface area (Å²) in [4.78, 5) is 19.0. The third-order valence-corrected chi connectivity index (χ3v) is 7.33. The van der Waals surface area contributed by atoms with E-state index in [0.717, 1.165) is 27.6 Å². The molecule has 1 amide bonds. The van der Waals surface area contributed by atoms with E-state index in [9.17, 15) is 4.79 Å². The van der Waals surface area contributed by atoms with Crippen LogP contribution < -0.4 is 15.6 Å². The summed E-state index contributed by atoms with van der Waals surface area (Å²) in [5.41, 5.74) is 7.18. The van der Waals surface area contributed by atoms with Gasteiger partial charge < -0.3 is 19.3 Å². The lowest BCUT2D eigenvalue weighted by atomic mass is 9.84. The van der Waals surface area contributed by atoms with Crippen LogP contribution in [-0.2, 0) is 14.3 Å². The summed E-state index contributed by atoms with van der Waals surface area (Å²) in [5.74, 6) is 0.751. The number of hydrazine groups is 1. The van der Waals surface area contributed by atoms with Gasteiger partial charge in [0.1, 0.15) is 5.75 Å². The topological polar surface area (TPSA) is 101 Å². The highest BCUT2D eigenvalue weighted by Gasteiger charge is 2.53. The number of aliphatic hydroxyl groups is 1. The fourth-order valence-corrected chi connectivity index (χ4v) is 4.97. The molecule has 8 nitrogen and oxygen atoms in total. The molecule has 3 N–H and O–H groups in total. The molecule has 0 saturated carbocycles. The van der Waals surface area contributed by atoms with Crippen LogP contribution >= 0.6 is 15.9 Å². The Morgan fingerprint density at radius 1 is 1.05 bits per heavy atom. The largest absolute Gasteiger partial charge is 0.494 e. The third kappa shape index (κ3) is 8.04. The van der Waals surface area contributed by atoms with Crippen molar-refractivity contribution in [2.24, 2.45) is 4.99 Å². The normalized spacial score (nSPS) is 18.2. The average Bonchev–Trinajstić information content (AvgIpc) is 3.38. The van der Waals surface area contributed by atoms with Gasteiger partial charge in [-0.15, -0.1) is 0 Å². The molecule has 41 heavy (non-hydrogen) atoms. The molecule has 0 spiro atoms. The van der Waals surface area contributed by atoms with Gasteiger partial charge in [-0.2, -0.15) is 0 Å². The first kappa shape index (κ1) is 30.5. The zero-order valence-corrected chi connectivity index (χ0v) is 24.7. The van der Waals surface area contributed by atoms with Crippen molar-refractivity contribution in [3.05, 3.63) is 106 Å². The number of nitrogens with zero attached hydrogens (tertiary/aromatic N) is 1. The van der Waals surface area contributed by atoms with Crippen LogP contribution in [0.2, 0.25) is 0 Å². The van der Waals surface area contributed by atoms with Crippen molar-refractivity contribution in [1.29, 1.82) is 0 Å². The lowest BCUT2D eigenvalue weighted by Gasteiger charge is -2.30. The fourth-order valence-electron chi connectivity index (χ4n) is 4.47. The molecule has 3 aromatic rings. The van der Waals surface area contributed by atoms with Gasteiger partial charge in [0, 0.05) is 55.3 Å². The maximum atomic E-state index is 14.0. The molecule has 0 bridgehead atoms. The Hall–Kier alpha value is -3.50. The molecule has 3 aromatic carbocycles. The Bertz CT molecular complexity index is 1320. The van der Waals surface area contributed by atoms with Gasteiger partial charge in [-0.1, -0.05) is 76.6 Å². The maximum absolute atomic E-state index is 14.0. The number of aliphatic hydroxyl groups excluding tert-OH is 1. The number of halogens is 1. The molecule has 1 heterocycles. The highest BCUT2D eigenvalue weighted by atomic mass is 79.9. The number of rotatable bonds is 15. The van der Waals surface area contributed by atoms with Crippen LogP contribution in [0, 0.1) is 0 Å². The zero-order chi connectivity index (χ0) is 28.9. The summed E-state index contributed by atoms with van der Waals surface area (Å²) in [6, 6.07) is 25.0. The number of hydrogen-bond acceptors (Lipinski definition) is 7. The van der Waals surface area contributed by atoms with E-state index in [1.165, 1.54) is 0 Å². The van der Waals surface area contributed by atoms with E-state index >= 15 is 0 Å². The first-order chi connectivity index (χ1) is 20.1. The molecule has 1 aliphatic heterocycles. The van der Waals surface area contributed by atoms with Crippen LogP contribution in [0.4, 0.5) is 0 Å². The highest BCUT2D eigenvalue weighted by molar-refractivity contribution is 9.10. The Morgan fingerprint density at radius 3 is 2.54 bits per heavy atom. The quantitative estimate of drug-likeness (QED) is 0.159. The number of methoxy groups -OCH3 is 1. The fraction of sp³-hybridized carbons (Fsp3) is 0.312. The van der Waals surface area contributed by atoms with Gasteiger partial charge in [-0.25, -0.2) is 10.4 Å². The van der Waals surface area contributed by atoms with E-state index in [1.807, 2.05) is 91.0 Å². The molecular weight excluding hydrogens is 586 g/mol. The van der Waals surface area contributed by atoms with E-state index in [4.69, 9.17) is 24.3 Å². The lowest BCUT2D eigenvalue weighted by molar-refractivity contribution is -0.129. The molecule has 9 heteroatoms. The second-order valence-corrected chi connectivity index (χ2v) is 10.4. The summed E-state index contributed by atoms with van der Waals surface area (Å²) in [6.07, 6.45) is 4.85. The third-order valence-electron chi connectivity index (χ3n) is 6.61. The van der Waals surface area contributed by atoms with Gasteiger partial charge in [-0.05, 0) is 42.3 Å². The summed E-state index contributed by atoms with van der Waals surface area (Å²) >= 11 is 3.66. The molecule has 0 saturated heterocycles. The van der Waals surface area contributed by atoms with Gasteiger partial charge >= 0.3 is 0 Å². The monoisotopic (exact) mass is 621 g/mol. The van der Waals surface area contributed by atoms with Gasteiger partial charge in [0.05, 0.1) is 6.61 Å². The summed E-state index contributed by atoms with van der Waals surface area (Å²) in [7, 11) is 1.65. The van der Waals surface area contributed by atoms with Crippen molar-refractivity contribution < 1.29 is 24.1 Å². The summed E-state index contributed by atoms with van der Waals surface area (Å²) < 4.78 is 18.2. The van der Waals surface area contributed by atoms with Gasteiger partial charge in [-0.3, -0.25) is 10.2 Å². The van der Waals surface area contributed by atoms with E-state index in [0.29, 0.717) is 44.2 Å². The van der Waals surface area contributed by atoms with Crippen LogP contribution in [0.1, 0.15) is 42.1 Å². The van der Waals surface area contributed by atoms with Crippen LogP contribution in [0.15, 0.2) is 94.4 Å². The highest BCUT2D eigenvalue weighted by Crippen LogP contribution is 2.44. The van der Waals surface area contributed by atoms with Crippen molar-refractivity contribution in [3.63, 3.8) is 0 Å². The number of aliphatic imine (C=N–C) groups is 1. The number of carbonyl (C=O) groups is 1. The van der Waals surface area contributed by atoms with Crippen LogP contribution in [-0.4, -0.2) is 55.9 Å². The predicted molar refractivity (Wildman–Crippen MR) is 164 cm³/mol. The summed E-state index contributed by atoms with van der Waals surface area (Å²) in [5, 5.41) is 9.02. The lowest BCUT2D eigenvalue weighted by Crippen LogP contribution is -2.52. The van der Waals surface area contributed by atoms with Gasteiger partial charge in [0.2, 0.25) is 5.90 Å². The predicted octanol–water partition coefficient (Wildman–Crippen LogP) is 5.23. The second-order valence-electron chi connectivity index (χ2n) is 9.56. The Labute approximate surface area is 249 Å². The SMILES string of the molecule is COCCCNNC(=O)[C@@]1(C/C=C/c2ccccc2)N=C(c2ccc(OCCCO)cc2)O[C@H]1c1ccccc1Br. The molecule has 0 aliphatic carbocycles. The van der Waals surface area contributed by atoms with Crippen LogP contribution in [0.3, 0.4) is 0 Å². The van der Waals surface area contributed by atoms with Crippen molar-refractivity contribution in [3.8, 4) is 5.75 Å². The average molecular weight is 623 g/mol. The van der Waals surface area contributed by atoms with E-state index < -0.39 is 11.6 Å². The van der Waals surface area contributed by atoms with Gasteiger partial charge in [0.25, 0.3) is 5.91 Å². The van der Waals surface area contributed by atoms with E-state index in [-0.39, 0.29) is 12.5 Å². The van der Waals surface area contributed by atoms with Crippen molar-refractivity contribution >= 4 is 33.8 Å². The van der Waals surface area contributed by atoms with E-state index in [1.54, 1.807) is 7.11 Å². The van der Waals surface area contributed by atoms with Gasteiger partial charge in [0.15, 0.2) is 11.6 Å². The molecule has 1 aliphatic rings. The molecule has 0 aromatic heterocycles. The first-order valence-corrected chi connectivity index (χ1v) is 14.5. The Balaban J connectivity index is 1.70. The second kappa shape index (κ2) is 15.5. The number of ether oxygens (including phenoxy) is 3. The molecule has 0 radical (unpaired) electrons. The molecule has 0 fully saturated rings. The van der Waals surface area contributed by atoms with Crippen LogP contribution in [0.5, 0.6) is 5.75 Å². The Kier molecular flexibility index (Phi) is 11.5. The molecule has 4 rings (SSSR count). The van der Waals surface area contributed by atoms with Crippen molar-refractivity contribution in [2.75, 3.05) is 33.5 Å². The molecule has 216 valence electrons. The zero-order valence-electron chi connectivity index (χ0n) is 23.1.